The fraction of sp³-hybridized carbons (Fsp3) is 0.444. The Morgan fingerprint density at radius 3 is 3.00 bits per heavy atom. The number of allylic oxidation sites excluding steroid dienone is 3. The van der Waals surface area contributed by atoms with Gasteiger partial charge in [-0.25, -0.2) is 0 Å². The van der Waals surface area contributed by atoms with Crippen LogP contribution >= 0.6 is 11.8 Å². The standard InChI is InChI=1S/C9H13NS/c1-7-3-4-9(11-2)8(5-7)6-10/h3-4,6-7,10H,5H2,1-2H3. The summed E-state index contributed by atoms with van der Waals surface area (Å²) in [5, 5.41) is 7.19. The molecule has 0 aromatic heterocycles. The van der Waals surface area contributed by atoms with Crippen molar-refractivity contribution in [3.05, 3.63) is 22.6 Å². The zero-order chi connectivity index (χ0) is 8.27. The Hall–Kier alpha value is -0.500. The molecule has 0 amide bonds. The Balaban J connectivity index is 2.85. The van der Waals surface area contributed by atoms with Crippen molar-refractivity contribution in [2.75, 3.05) is 6.26 Å². The van der Waals surface area contributed by atoms with Gasteiger partial charge in [0.15, 0.2) is 0 Å². The van der Waals surface area contributed by atoms with Crippen molar-refractivity contribution in [2.24, 2.45) is 5.92 Å². The molecule has 60 valence electrons. The number of rotatable bonds is 2. The maximum absolute atomic E-state index is 7.19. The van der Waals surface area contributed by atoms with Gasteiger partial charge in [0, 0.05) is 11.1 Å². The van der Waals surface area contributed by atoms with Gasteiger partial charge >= 0.3 is 0 Å². The fourth-order valence-corrected chi connectivity index (χ4v) is 1.82. The molecule has 1 atom stereocenters. The van der Waals surface area contributed by atoms with Crippen LogP contribution in [0.5, 0.6) is 0 Å². The molecule has 0 aliphatic heterocycles. The van der Waals surface area contributed by atoms with Gasteiger partial charge in [-0.1, -0.05) is 19.1 Å². The van der Waals surface area contributed by atoms with Crippen LogP contribution in [0.3, 0.4) is 0 Å². The predicted molar refractivity (Wildman–Crippen MR) is 52.2 cm³/mol. The van der Waals surface area contributed by atoms with Crippen LogP contribution in [0.1, 0.15) is 13.3 Å². The second-order valence-electron chi connectivity index (χ2n) is 2.78. The molecule has 0 aromatic rings. The molecule has 0 fully saturated rings. The normalized spacial score (nSPS) is 24.0. The van der Waals surface area contributed by atoms with Crippen molar-refractivity contribution in [1.29, 1.82) is 5.41 Å². The fourth-order valence-electron chi connectivity index (χ4n) is 1.20. The van der Waals surface area contributed by atoms with Crippen LogP contribution < -0.4 is 0 Å². The Labute approximate surface area is 72.1 Å². The summed E-state index contributed by atoms with van der Waals surface area (Å²) in [4.78, 5) is 1.25. The summed E-state index contributed by atoms with van der Waals surface area (Å²) in [6, 6.07) is 0. The van der Waals surface area contributed by atoms with E-state index in [0.717, 1.165) is 6.42 Å². The minimum absolute atomic E-state index is 0.600. The van der Waals surface area contributed by atoms with Crippen molar-refractivity contribution in [2.45, 2.75) is 13.3 Å². The number of hydrogen-bond donors (Lipinski definition) is 1. The number of thioether (sulfide) groups is 1. The molecule has 1 unspecified atom stereocenters. The van der Waals surface area contributed by atoms with Crippen LogP contribution in [-0.4, -0.2) is 12.5 Å². The van der Waals surface area contributed by atoms with E-state index in [1.807, 2.05) is 0 Å². The summed E-state index contributed by atoms with van der Waals surface area (Å²) in [6.45, 7) is 2.18. The molecule has 2 heteroatoms. The highest BCUT2D eigenvalue weighted by atomic mass is 32.2. The van der Waals surface area contributed by atoms with E-state index in [9.17, 15) is 0 Å². The SMILES string of the molecule is CSC1=C(C=N)CC(C)C=C1. The third-order valence-electron chi connectivity index (χ3n) is 1.83. The molecule has 0 aromatic carbocycles. The van der Waals surface area contributed by atoms with Gasteiger partial charge < -0.3 is 5.41 Å². The van der Waals surface area contributed by atoms with Gasteiger partial charge in [-0.3, -0.25) is 0 Å². The van der Waals surface area contributed by atoms with E-state index < -0.39 is 0 Å². The van der Waals surface area contributed by atoms with Gasteiger partial charge in [-0.15, -0.1) is 11.8 Å². The van der Waals surface area contributed by atoms with E-state index in [-0.39, 0.29) is 0 Å². The van der Waals surface area contributed by atoms with Crippen LogP contribution in [0, 0.1) is 11.3 Å². The van der Waals surface area contributed by atoms with Gasteiger partial charge in [0.1, 0.15) is 0 Å². The smallest absolute Gasteiger partial charge is 0.0221 e. The Bertz CT molecular complexity index is 216. The Morgan fingerprint density at radius 1 is 1.73 bits per heavy atom. The van der Waals surface area contributed by atoms with Gasteiger partial charge in [-0.05, 0) is 24.2 Å². The van der Waals surface area contributed by atoms with Crippen LogP contribution in [-0.2, 0) is 0 Å². The third-order valence-corrected chi connectivity index (χ3v) is 2.67. The molecule has 0 radical (unpaired) electrons. The molecule has 0 saturated carbocycles. The summed E-state index contributed by atoms with van der Waals surface area (Å²) in [6.07, 6.45) is 8.89. The molecular formula is C9H13NS. The highest BCUT2D eigenvalue weighted by Gasteiger charge is 2.09. The lowest BCUT2D eigenvalue weighted by molar-refractivity contribution is 0.723. The first-order valence-electron chi connectivity index (χ1n) is 3.73. The molecule has 0 bridgehead atoms. The lowest BCUT2D eigenvalue weighted by atomic mass is 9.97. The number of hydrogen-bond acceptors (Lipinski definition) is 2. The van der Waals surface area contributed by atoms with Crippen molar-refractivity contribution < 1.29 is 0 Å². The van der Waals surface area contributed by atoms with E-state index in [1.165, 1.54) is 16.7 Å². The van der Waals surface area contributed by atoms with E-state index in [2.05, 4.69) is 25.3 Å². The van der Waals surface area contributed by atoms with E-state index in [0.29, 0.717) is 5.92 Å². The van der Waals surface area contributed by atoms with Crippen molar-refractivity contribution >= 4 is 18.0 Å². The van der Waals surface area contributed by atoms with E-state index in [4.69, 9.17) is 5.41 Å². The molecule has 1 nitrogen and oxygen atoms in total. The van der Waals surface area contributed by atoms with E-state index in [1.54, 1.807) is 11.8 Å². The van der Waals surface area contributed by atoms with Gasteiger partial charge in [0.05, 0.1) is 0 Å². The first-order chi connectivity index (χ1) is 5.27. The van der Waals surface area contributed by atoms with Gasteiger partial charge in [0.25, 0.3) is 0 Å². The van der Waals surface area contributed by atoms with Crippen LogP contribution in [0.15, 0.2) is 22.6 Å². The van der Waals surface area contributed by atoms with Gasteiger partial charge in [-0.2, -0.15) is 0 Å². The highest BCUT2D eigenvalue weighted by Crippen LogP contribution is 2.27. The zero-order valence-corrected chi connectivity index (χ0v) is 7.74. The first-order valence-corrected chi connectivity index (χ1v) is 4.96. The molecule has 0 spiro atoms. The zero-order valence-electron chi connectivity index (χ0n) is 6.92. The molecule has 0 heterocycles. The summed E-state index contributed by atoms with van der Waals surface area (Å²) >= 11 is 1.72. The Kier molecular flexibility index (Phi) is 2.94. The first kappa shape index (κ1) is 8.60. The monoisotopic (exact) mass is 167 g/mol. The lowest BCUT2D eigenvalue weighted by Gasteiger charge is -2.14. The minimum atomic E-state index is 0.600. The highest BCUT2D eigenvalue weighted by molar-refractivity contribution is 8.02. The summed E-state index contributed by atoms with van der Waals surface area (Å²) < 4.78 is 0. The molecule has 1 rings (SSSR count). The molecule has 11 heavy (non-hydrogen) atoms. The lowest BCUT2D eigenvalue weighted by Crippen LogP contribution is -2.01. The molecule has 0 saturated heterocycles. The maximum atomic E-state index is 7.19. The average molecular weight is 167 g/mol. The number of nitrogens with one attached hydrogen (secondary N) is 1. The third kappa shape index (κ3) is 1.96. The van der Waals surface area contributed by atoms with E-state index >= 15 is 0 Å². The largest absolute Gasteiger partial charge is 0.308 e. The molecule has 1 aliphatic carbocycles. The average Bonchev–Trinajstić information content (AvgIpc) is 2.04. The molecular weight excluding hydrogens is 154 g/mol. The van der Waals surface area contributed by atoms with Crippen molar-refractivity contribution in [3.8, 4) is 0 Å². The van der Waals surface area contributed by atoms with Crippen molar-refractivity contribution in [1.82, 2.24) is 0 Å². The molecule has 1 N–H and O–H groups in total. The minimum Gasteiger partial charge on any atom is -0.308 e. The topological polar surface area (TPSA) is 23.9 Å². The second kappa shape index (κ2) is 3.77. The maximum Gasteiger partial charge on any atom is 0.0221 e. The second-order valence-corrected chi connectivity index (χ2v) is 3.63. The molecule has 1 aliphatic rings. The summed E-state index contributed by atoms with van der Waals surface area (Å²) in [7, 11) is 0. The summed E-state index contributed by atoms with van der Waals surface area (Å²) in [5.41, 5.74) is 1.17. The van der Waals surface area contributed by atoms with Crippen LogP contribution in [0.2, 0.25) is 0 Å². The summed E-state index contributed by atoms with van der Waals surface area (Å²) in [5.74, 6) is 0.600. The Morgan fingerprint density at radius 2 is 2.45 bits per heavy atom. The van der Waals surface area contributed by atoms with Crippen molar-refractivity contribution in [3.63, 3.8) is 0 Å². The predicted octanol–water partition coefficient (Wildman–Crippen LogP) is 2.85. The quantitative estimate of drug-likeness (QED) is 0.628. The van der Waals surface area contributed by atoms with Gasteiger partial charge in [0.2, 0.25) is 0 Å². The van der Waals surface area contributed by atoms with Crippen LogP contribution in [0.4, 0.5) is 0 Å². The van der Waals surface area contributed by atoms with Crippen LogP contribution in [0.25, 0.3) is 0 Å².